The molecule has 1 aromatic carbocycles. The van der Waals surface area contributed by atoms with Crippen molar-refractivity contribution in [2.45, 2.75) is 37.7 Å². The van der Waals surface area contributed by atoms with E-state index in [2.05, 4.69) is 6.08 Å². The van der Waals surface area contributed by atoms with Crippen molar-refractivity contribution in [2.24, 2.45) is 5.92 Å². The lowest BCUT2D eigenvalue weighted by Crippen LogP contribution is -2.55. The fourth-order valence-corrected chi connectivity index (χ4v) is 3.45. The van der Waals surface area contributed by atoms with Gasteiger partial charge in [0.25, 0.3) is 0 Å². The fourth-order valence-electron chi connectivity index (χ4n) is 3.45. The van der Waals surface area contributed by atoms with Crippen LogP contribution >= 0.6 is 0 Å². The number of likely N-dealkylation sites (tertiary alicyclic amines) is 1. The van der Waals surface area contributed by atoms with E-state index in [0.717, 1.165) is 19.3 Å². The third-order valence-corrected chi connectivity index (χ3v) is 5.02. The van der Waals surface area contributed by atoms with E-state index >= 15 is 0 Å². The Morgan fingerprint density at radius 2 is 1.84 bits per heavy atom. The van der Waals surface area contributed by atoms with Crippen LogP contribution in [0, 0.1) is 11.7 Å². The van der Waals surface area contributed by atoms with E-state index in [9.17, 15) is 19.1 Å². The van der Waals surface area contributed by atoms with Crippen LogP contribution in [-0.2, 0) is 9.59 Å². The maximum Gasteiger partial charge on any atom is 0.348 e. The number of benzene rings is 1. The van der Waals surface area contributed by atoms with E-state index in [4.69, 9.17) is 4.74 Å². The first kappa shape index (κ1) is 17.5. The highest BCUT2D eigenvalue weighted by Gasteiger charge is 2.45. The van der Waals surface area contributed by atoms with Crippen molar-refractivity contribution in [1.82, 2.24) is 4.90 Å². The predicted octanol–water partition coefficient (Wildman–Crippen LogP) is 3.01. The summed E-state index contributed by atoms with van der Waals surface area (Å²) in [6.45, 7) is 0.707. The molecule has 1 heterocycles. The second-order valence-electron chi connectivity index (χ2n) is 6.66. The molecule has 0 radical (unpaired) electrons. The molecule has 1 fully saturated rings. The van der Waals surface area contributed by atoms with Gasteiger partial charge in [-0.25, -0.2) is 9.18 Å². The first-order valence-electron chi connectivity index (χ1n) is 8.62. The number of carbonyl (C=O) groups is 2. The Bertz CT molecular complexity index is 663. The summed E-state index contributed by atoms with van der Waals surface area (Å²) in [6.07, 6.45) is 7.08. The van der Waals surface area contributed by atoms with Gasteiger partial charge in [0.1, 0.15) is 11.6 Å². The minimum atomic E-state index is -1.37. The van der Waals surface area contributed by atoms with Crippen LogP contribution in [0.15, 0.2) is 36.4 Å². The zero-order valence-electron chi connectivity index (χ0n) is 14.0. The molecule has 5 nitrogen and oxygen atoms in total. The zero-order chi connectivity index (χ0) is 17.9. The van der Waals surface area contributed by atoms with Crippen molar-refractivity contribution < 1.29 is 23.8 Å². The van der Waals surface area contributed by atoms with Crippen molar-refractivity contribution in [1.29, 1.82) is 0 Å². The van der Waals surface area contributed by atoms with Crippen LogP contribution in [0.2, 0.25) is 0 Å². The monoisotopic (exact) mass is 347 g/mol. The van der Waals surface area contributed by atoms with Crippen molar-refractivity contribution in [3.05, 3.63) is 42.2 Å². The number of piperidine rings is 1. The lowest BCUT2D eigenvalue weighted by atomic mass is 9.88. The van der Waals surface area contributed by atoms with Gasteiger partial charge in [-0.05, 0) is 43.5 Å². The molecule has 2 aliphatic rings. The molecule has 25 heavy (non-hydrogen) atoms. The maximum absolute atomic E-state index is 13.0. The number of rotatable bonds is 4. The van der Waals surface area contributed by atoms with Crippen molar-refractivity contribution in [2.75, 3.05) is 13.1 Å². The van der Waals surface area contributed by atoms with E-state index in [1.807, 2.05) is 6.08 Å². The second kappa shape index (κ2) is 7.25. The zero-order valence-corrected chi connectivity index (χ0v) is 14.0. The van der Waals surface area contributed by atoms with Crippen LogP contribution in [0.25, 0.3) is 0 Å². The molecule has 1 saturated heterocycles. The Hall–Kier alpha value is -2.37. The number of carboxylic acids is 1. The summed E-state index contributed by atoms with van der Waals surface area (Å²) in [6, 6.07) is 5.32. The van der Waals surface area contributed by atoms with Gasteiger partial charge in [0.05, 0.1) is 0 Å². The van der Waals surface area contributed by atoms with Crippen LogP contribution in [0.1, 0.15) is 32.1 Å². The lowest BCUT2D eigenvalue weighted by Gasteiger charge is -2.40. The molecule has 1 aliphatic carbocycles. The van der Waals surface area contributed by atoms with Crippen LogP contribution in [0.4, 0.5) is 4.39 Å². The third kappa shape index (κ3) is 3.83. The molecule has 0 bridgehead atoms. The van der Waals surface area contributed by atoms with Gasteiger partial charge in [-0.1, -0.05) is 12.2 Å². The van der Waals surface area contributed by atoms with Crippen LogP contribution in [-0.4, -0.2) is 40.6 Å². The summed E-state index contributed by atoms with van der Waals surface area (Å²) in [4.78, 5) is 26.2. The molecular weight excluding hydrogens is 325 g/mol. The SMILES string of the molecule is O=C([C@H]1CC=CCC1)N1CCC(Oc2ccc(F)cc2)(C(=O)O)CC1. The quantitative estimate of drug-likeness (QED) is 0.850. The summed E-state index contributed by atoms with van der Waals surface area (Å²) >= 11 is 0. The molecule has 1 aliphatic heterocycles. The van der Waals surface area contributed by atoms with E-state index in [1.165, 1.54) is 24.3 Å². The average Bonchev–Trinajstić information content (AvgIpc) is 2.64. The smallest absolute Gasteiger partial charge is 0.348 e. The molecule has 1 atom stereocenters. The highest BCUT2D eigenvalue weighted by Crippen LogP contribution is 2.31. The lowest BCUT2D eigenvalue weighted by molar-refractivity contribution is -0.162. The Labute approximate surface area is 146 Å². The normalized spacial score (nSPS) is 22.4. The minimum Gasteiger partial charge on any atom is -0.478 e. The van der Waals surface area contributed by atoms with Gasteiger partial charge < -0.3 is 14.7 Å². The highest BCUT2D eigenvalue weighted by atomic mass is 19.1. The summed E-state index contributed by atoms with van der Waals surface area (Å²) < 4.78 is 18.7. The molecule has 0 aromatic heterocycles. The molecule has 1 N–H and O–H groups in total. The summed E-state index contributed by atoms with van der Waals surface area (Å²) in [5.74, 6) is -1.03. The fraction of sp³-hybridized carbons (Fsp3) is 0.474. The number of ether oxygens (including phenoxy) is 1. The summed E-state index contributed by atoms with van der Waals surface area (Å²) in [5, 5.41) is 9.67. The van der Waals surface area contributed by atoms with E-state index in [0.29, 0.717) is 18.8 Å². The molecule has 0 spiro atoms. The van der Waals surface area contributed by atoms with Crippen molar-refractivity contribution >= 4 is 11.9 Å². The van der Waals surface area contributed by atoms with Gasteiger partial charge in [0, 0.05) is 31.8 Å². The Morgan fingerprint density at radius 3 is 2.40 bits per heavy atom. The summed E-state index contributed by atoms with van der Waals surface area (Å²) in [5.41, 5.74) is -1.37. The van der Waals surface area contributed by atoms with Crippen LogP contribution < -0.4 is 4.74 Å². The number of amides is 1. The molecular formula is C19H22FNO4. The first-order chi connectivity index (χ1) is 12.0. The highest BCUT2D eigenvalue weighted by molar-refractivity contribution is 5.81. The molecule has 134 valence electrons. The van der Waals surface area contributed by atoms with Crippen molar-refractivity contribution in [3.63, 3.8) is 0 Å². The number of carboxylic acid groups (broad SMARTS) is 1. The van der Waals surface area contributed by atoms with Crippen LogP contribution in [0.5, 0.6) is 5.75 Å². The van der Waals surface area contributed by atoms with Gasteiger partial charge in [0.2, 0.25) is 11.5 Å². The van der Waals surface area contributed by atoms with Gasteiger partial charge in [-0.3, -0.25) is 4.79 Å². The van der Waals surface area contributed by atoms with Gasteiger partial charge >= 0.3 is 5.97 Å². The number of halogens is 1. The Morgan fingerprint density at radius 1 is 1.16 bits per heavy atom. The molecule has 0 unspecified atom stereocenters. The molecule has 6 heteroatoms. The van der Waals surface area contributed by atoms with E-state index in [-0.39, 0.29) is 24.7 Å². The Kier molecular flexibility index (Phi) is 5.06. The van der Waals surface area contributed by atoms with E-state index in [1.54, 1.807) is 4.90 Å². The first-order valence-corrected chi connectivity index (χ1v) is 8.62. The number of nitrogens with zero attached hydrogens (tertiary/aromatic N) is 1. The average molecular weight is 347 g/mol. The number of aliphatic carboxylic acids is 1. The third-order valence-electron chi connectivity index (χ3n) is 5.02. The van der Waals surface area contributed by atoms with Gasteiger partial charge in [0.15, 0.2) is 0 Å². The van der Waals surface area contributed by atoms with E-state index < -0.39 is 17.4 Å². The second-order valence-corrected chi connectivity index (χ2v) is 6.66. The standard InChI is InChI=1S/C19H22FNO4/c20-15-6-8-16(9-7-15)25-19(18(23)24)10-12-21(13-11-19)17(22)14-4-2-1-3-5-14/h1-2,6-9,14H,3-5,10-13H2,(H,23,24)/t14-/m0/s1. The van der Waals surface area contributed by atoms with Gasteiger partial charge in [-0.2, -0.15) is 0 Å². The molecule has 0 saturated carbocycles. The maximum atomic E-state index is 13.0. The number of hydrogen-bond acceptors (Lipinski definition) is 3. The topological polar surface area (TPSA) is 66.8 Å². The predicted molar refractivity (Wildman–Crippen MR) is 89.7 cm³/mol. The number of allylic oxidation sites excluding steroid dienone is 2. The molecule has 3 rings (SSSR count). The minimum absolute atomic E-state index is 0.000319. The number of hydrogen-bond donors (Lipinski definition) is 1. The summed E-state index contributed by atoms with van der Waals surface area (Å²) in [7, 11) is 0. The largest absolute Gasteiger partial charge is 0.478 e. The molecule has 1 aromatic rings. The molecule has 1 amide bonds. The van der Waals surface area contributed by atoms with Crippen LogP contribution in [0.3, 0.4) is 0 Å². The van der Waals surface area contributed by atoms with Crippen molar-refractivity contribution in [3.8, 4) is 5.75 Å². The number of carbonyl (C=O) groups excluding carboxylic acids is 1. The van der Waals surface area contributed by atoms with Gasteiger partial charge in [-0.15, -0.1) is 0 Å². The Balaban J connectivity index is 1.66.